The number of hydrogen-bond donors (Lipinski definition) is 1. The molecule has 1 heterocycles. The average Bonchev–Trinajstić information content (AvgIpc) is 2.75. The molecule has 0 aromatic heterocycles. The van der Waals surface area contributed by atoms with E-state index in [1.54, 1.807) is 0 Å². The molecule has 0 spiro atoms. The molecule has 1 aliphatic heterocycles. The van der Waals surface area contributed by atoms with Gasteiger partial charge in [0.15, 0.2) is 5.78 Å². The molecule has 1 aromatic rings. The Bertz CT molecular complexity index is 542. The summed E-state index contributed by atoms with van der Waals surface area (Å²) in [6.45, 7) is 1.03. The summed E-state index contributed by atoms with van der Waals surface area (Å²) < 4.78 is 5.08. The number of rotatable bonds is 3. The Hall–Kier alpha value is -2.37. The highest BCUT2D eigenvalue weighted by molar-refractivity contribution is 6.06. The van der Waals surface area contributed by atoms with Gasteiger partial charge in [-0.05, 0) is 12.5 Å². The quantitative estimate of drug-likeness (QED) is 0.842. The van der Waals surface area contributed by atoms with Gasteiger partial charge in [0.25, 0.3) is 0 Å². The first-order chi connectivity index (χ1) is 9.43. The van der Waals surface area contributed by atoms with Gasteiger partial charge in [-0.3, -0.25) is 14.5 Å². The second kappa shape index (κ2) is 5.32. The number of likely N-dealkylation sites (tertiary alicyclic amines) is 1. The van der Waals surface area contributed by atoms with E-state index >= 15 is 0 Å². The Balaban J connectivity index is 1.95. The fraction of sp³-hybridized carbons (Fsp3) is 0.357. The van der Waals surface area contributed by atoms with E-state index in [4.69, 9.17) is 9.84 Å². The van der Waals surface area contributed by atoms with Crippen LogP contribution in [-0.2, 0) is 20.9 Å². The van der Waals surface area contributed by atoms with E-state index in [9.17, 15) is 14.4 Å². The van der Waals surface area contributed by atoms with Crippen LogP contribution in [0.15, 0.2) is 30.3 Å². The van der Waals surface area contributed by atoms with Crippen molar-refractivity contribution in [2.45, 2.75) is 13.5 Å². The summed E-state index contributed by atoms with van der Waals surface area (Å²) in [5.41, 5.74) is -0.710. The maximum absolute atomic E-state index is 11.8. The van der Waals surface area contributed by atoms with Gasteiger partial charge >= 0.3 is 12.1 Å². The zero-order valence-electron chi connectivity index (χ0n) is 11.0. The second-order valence-corrected chi connectivity index (χ2v) is 4.96. The number of ketones is 1. The Kier molecular flexibility index (Phi) is 3.74. The third kappa shape index (κ3) is 2.64. The molecule has 1 saturated heterocycles. The molecule has 0 aliphatic carbocycles. The predicted octanol–water partition coefficient (Wildman–Crippen LogP) is 1.30. The van der Waals surface area contributed by atoms with Crippen molar-refractivity contribution in [2.24, 2.45) is 5.41 Å². The number of carboxylic acids is 1. The van der Waals surface area contributed by atoms with Crippen LogP contribution in [0.4, 0.5) is 4.79 Å². The number of amides is 1. The molecule has 0 radical (unpaired) electrons. The van der Waals surface area contributed by atoms with Crippen LogP contribution in [0.1, 0.15) is 12.5 Å². The van der Waals surface area contributed by atoms with Crippen molar-refractivity contribution >= 4 is 17.8 Å². The molecular weight excluding hydrogens is 262 g/mol. The zero-order chi connectivity index (χ0) is 14.8. The van der Waals surface area contributed by atoms with Crippen LogP contribution in [-0.4, -0.2) is 40.9 Å². The minimum absolute atomic E-state index is 0.0914. The summed E-state index contributed by atoms with van der Waals surface area (Å²) >= 11 is 0. The van der Waals surface area contributed by atoms with E-state index in [0.717, 1.165) is 10.5 Å². The third-order valence-electron chi connectivity index (χ3n) is 3.39. The van der Waals surface area contributed by atoms with Gasteiger partial charge in [-0.2, -0.15) is 0 Å². The van der Waals surface area contributed by atoms with Gasteiger partial charge in [-0.15, -0.1) is 0 Å². The number of aliphatic carboxylic acids is 1. The lowest BCUT2D eigenvalue weighted by Gasteiger charge is -2.18. The molecule has 1 aromatic carbocycles. The van der Waals surface area contributed by atoms with Crippen molar-refractivity contribution in [3.63, 3.8) is 0 Å². The van der Waals surface area contributed by atoms with Gasteiger partial charge in [0.1, 0.15) is 12.0 Å². The van der Waals surface area contributed by atoms with Crippen molar-refractivity contribution < 1.29 is 24.2 Å². The van der Waals surface area contributed by atoms with Crippen LogP contribution in [0.25, 0.3) is 0 Å². The number of hydrogen-bond acceptors (Lipinski definition) is 4. The van der Waals surface area contributed by atoms with Crippen molar-refractivity contribution in [3.8, 4) is 0 Å². The summed E-state index contributed by atoms with van der Waals surface area (Å²) in [6, 6.07) is 9.12. The molecule has 1 fully saturated rings. The molecule has 0 bridgehead atoms. The number of carbonyl (C=O) groups is 3. The summed E-state index contributed by atoms with van der Waals surface area (Å²) in [6.07, 6.45) is -0.674. The Morgan fingerprint density at radius 2 is 2.00 bits per heavy atom. The molecule has 1 aliphatic rings. The molecular formula is C14H15NO5. The minimum Gasteiger partial charge on any atom is -0.480 e. The molecule has 1 N–H and O–H groups in total. The maximum atomic E-state index is 11.8. The summed E-state index contributed by atoms with van der Waals surface area (Å²) in [4.78, 5) is 35.7. The normalized spacial score (nSPS) is 21.9. The fourth-order valence-corrected chi connectivity index (χ4v) is 2.00. The lowest BCUT2D eigenvalue weighted by atomic mass is 9.89. The number of Topliss-reactive ketones (excluding diaryl/α,β-unsaturated/α-hetero) is 1. The van der Waals surface area contributed by atoms with Gasteiger partial charge in [-0.1, -0.05) is 30.3 Å². The standard InChI is InChI=1S/C14H15NO5/c1-14(12(17)18)9-15(7-11(14)16)13(19)20-8-10-5-3-2-4-6-10/h2-6H,7-9H2,1H3,(H,17,18)/t14-/m0/s1. The number of nitrogens with zero attached hydrogens (tertiary/aromatic N) is 1. The number of carbonyl (C=O) groups excluding carboxylic acids is 2. The van der Waals surface area contributed by atoms with Crippen LogP contribution < -0.4 is 0 Å². The monoisotopic (exact) mass is 277 g/mol. The maximum Gasteiger partial charge on any atom is 0.410 e. The molecule has 6 heteroatoms. The third-order valence-corrected chi connectivity index (χ3v) is 3.39. The van der Waals surface area contributed by atoms with Gasteiger partial charge < -0.3 is 9.84 Å². The molecule has 0 saturated carbocycles. The van der Waals surface area contributed by atoms with E-state index < -0.39 is 23.3 Å². The number of ether oxygens (including phenoxy) is 1. The summed E-state index contributed by atoms with van der Waals surface area (Å²) in [7, 11) is 0. The SMILES string of the molecule is C[C@]1(C(=O)O)CN(C(=O)OCc2ccccc2)CC1=O. The van der Waals surface area contributed by atoms with Crippen LogP contribution in [0, 0.1) is 5.41 Å². The van der Waals surface area contributed by atoms with Gasteiger partial charge in [0, 0.05) is 6.54 Å². The van der Waals surface area contributed by atoms with E-state index in [2.05, 4.69) is 0 Å². The Labute approximate surface area is 115 Å². The van der Waals surface area contributed by atoms with Crippen molar-refractivity contribution in [1.82, 2.24) is 4.90 Å². The largest absolute Gasteiger partial charge is 0.480 e. The molecule has 20 heavy (non-hydrogen) atoms. The molecule has 1 amide bonds. The highest BCUT2D eigenvalue weighted by Gasteiger charge is 2.50. The first-order valence-electron chi connectivity index (χ1n) is 6.16. The first-order valence-corrected chi connectivity index (χ1v) is 6.16. The number of benzene rings is 1. The Morgan fingerprint density at radius 1 is 1.35 bits per heavy atom. The molecule has 0 unspecified atom stereocenters. The van der Waals surface area contributed by atoms with E-state index in [1.807, 2.05) is 30.3 Å². The molecule has 106 valence electrons. The predicted molar refractivity (Wildman–Crippen MR) is 68.9 cm³/mol. The summed E-state index contributed by atoms with van der Waals surface area (Å²) in [5.74, 6) is -1.71. The minimum atomic E-state index is -1.54. The molecule has 1 atom stereocenters. The average molecular weight is 277 g/mol. The lowest BCUT2D eigenvalue weighted by molar-refractivity contribution is -0.151. The van der Waals surface area contributed by atoms with Crippen LogP contribution >= 0.6 is 0 Å². The highest BCUT2D eigenvalue weighted by atomic mass is 16.6. The fourth-order valence-electron chi connectivity index (χ4n) is 2.00. The van der Waals surface area contributed by atoms with Gasteiger partial charge in [0.2, 0.25) is 0 Å². The van der Waals surface area contributed by atoms with Crippen LogP contribution in [0.2, 0.25) is 0 Å². The van der Waals surface area contributed by atoms with Crippen molar-refractivity contribution in [2.75, 3.05) is 13.1 Å². The van der Waals surface area contributed by atoms with E-state index in [-0.39, 0.29) is 19.7 Å². The van der Waals surface area contributed by atoms with Crippen LogP contribution in [0.5, 0.6) is 0 Å². The van der Waals surface area contributed by atoms with Crippen LogP contribution in [0.3, 0.4) is 0 Å². The highest BCUT2D eigenvalue weighted by Crippen LogP contribution is 2.27. The van der Waals surface area contributed by atoms with Crippen molar-refractivity contribution in [1.29, 1.82) is 0 Å². The van der Waals surface area contributed by atoms with E-state index in [0.29, 0.717) is 0 Å². The second-order valence-electron chi connectivity index (χ2n) is 4.96. The molecule has 6 nitrogen and oxygen atoms in total. The van der Waals surface area contributed by atoms with Gasteiger partial charge in [0.05, 0.1) is 6.54 Å². The smallest absolute Gasteiger partial charge is 0.410 e. The van der Waals surface area contributed by atoms with Crippen molar-refractivity contribution in [3.05, 3.63) is 35.9 Å². The van der Waals surface area contributed by atoms with E-state index in [1.165, 1.54) is 6.92 Å². The summed E-state index contributed by atoms with van der Waals surface area (Å²) in [5, 5.41) is 9.05. The topological polar surface area (TPSA) is 83.9 Å². The Morgan fingerprint density at radius 3 is 2.55 bits per heavy atom. The first kappa shape index (κ1) is 14.0. The zero-order valence-corrected chi connectivity index (χ0v) is 11.0. The molecule has 2 rings (SSSR count). The lowest BCUT2D eigenvalue weighted by Crippen LogP contribution is -2.37. The number of carboxylic acid groups (broad SMARTS) is 1. The van der Waals surface area contributed by atoms with Gasteiger partial charge in [-0.25, -0.2) is 4.79 Å².